The van der Waals surface area contributed by atoms with Gasteiger partial charge >= 0.3 is 6.36 Å². The standard InChI is InChI=1S/C22H21F3N3O/c23-22(24,25)29-18-7-5-17(6-8-18)10-12-27-13-15-28(16-14-27)21-9-11-26-20-4-2-1-3-19(20)21/h1-8,11H,10,12-16H2. The first-order valence-corrected chi connectivity index (χ1v) is 9.55. The summed E-state index contributed by atoms with van der Waals surface area (Å²) in [6.45, 7) is 4.54. The predicted octanol–water partition coefficient (Wildman–Crippen LogP) is 4.30. The summed E-state index contributed by atoms with van der Waals surface area (Å²) in [5, 5.41) is 1.12. The molecule has 1 aliphatic heterocycles. The first-order valence-electron chi connectivity index (χ1n) is 9.55. The SMILES string of the molecule is FC(F)(F)Oc1ccc(CCN2CCN(c3[c]cnc4ccccc34)CC2)cc1. The van der Waals surface area contributed by atoms with E-state index in [2.05, 4.69) is 31.7 Å². The minimum Gasteiger partial charge on any atom is -0.406 e. The largest absolute Gasteiger partial charge is 0.573 e. The van der Waals surface area contributed by atoms with Crippen LogP contribution in [0.15, 0.2) is 54.7 Å². The normalized spacial score (nSPS) is 15.6. The number of benzene rings is 2. The molecule has 2 heterocycles. The molecule has 151 valence electrons. The Labute approximate surface area is 167 Å². The van der Waals surface area contributed by atoms with E-state index in [-0.39, 0.29) is 5.75 Å². The third kappa shape index (κ3) is 4.98. The predicted molar refractivity (Wildman–Crippen MR) is 106 cm³/mol. The minimum absolute atomic E-state index is 0.185. The van der Waals surface area contributed by atoms with Gasteiger partial charge in [0.2, 0.25) is 0 Å². The van der Waals surface area contributed by atoms with Crippen LogP contribution in [0.4, 0.5) is 18.9 Å². The monoisotopic (exact) mass is 400 g/mol. The summed E-state index contributed by atoms with van der Waals surface area (Å²) >= 11 is 0. The van der Waals surface area contributed by atoms with E-state index >= 15 is 0 Å². The van der Waals surface area contributed by atoms with E-state index in [9.17, 15) is 13.2 Å². The Morgan fingerprint density at radius 3 is 2.41 bits per heavy atom. The Hall–Kier alpha value is -2.80. The van der Waals surface area contributed by atoms with Crippen molar-refractivity contribution in [2.24, 2.45) is 0 Å². The molecule has 1 saturated heterocycles. The van der Waals surface area contributed by atoms with Crippen LogP contribution in [0.1, 0.15) is 5.56 Å². The van der Waals surface area contributed by atoms with Crippen molar-refractivity contribution in [2.45, 2.75) is 12.8 Å². The topological polar surface area (TPSA) is 28.6 Å². The first kappa shape index (κ1) is 19.5. The van der Waals surface area contributed by atoms with Gasteiger partial charge in [-0.2, -0.15) is 0 Å². The fourth-order valence-corrected chi connectivity index (χ4v) is 3.63. The first-order chi connectivity index (χ1) is 14.0. The average molecular weight is 400 g/mol. The Bertz CT molecular complexity index is 946. The molecule has 3 aromatic rings. The van der Waals surface area contributed by atoms with Crippen LogP contribution < -0.4 is 9.64 Å². The number of hydrogen-bond donors (Lipinski definition) is 0. The summed E-state index contributed by atoms with van der Waals surface area (Å²) in [5.41, 5.74) is 3.06. The lowest BCUT2D eigenvalue weighted by Crippen LogP contribution is -2.47. The Balaban J connectivity index is 1.30. The summed E-state index contributed by atoms with van der Waals surface area (Å²) in [7, 11) is 0. The smallest absolute Gasteiger partial charge is 0.406 e. The number of aromatic nitrogens is 1. The van der Waals surface area contributed by atoms with Crippen molar-refractivity contribution < 1.29 is 17.9 Å². The number of pyridine rings is 1. The third-order valence-corrected chi connectivity index (χ3v) is 5.13. The van der Waals surface area contributed by atoms with E-state index in [4.69, 9.17) is 0 Å². The van der Waals surface area contributed by atoms with Gasteiger partial charge in [0.15, 0.2) is 0 Å². The van der Waals surface area contributed by atoms with Gasteiger partial charge in [0, 0.05) is 50.4 Å². The fraction of sp³-hybridized carbons (Fsp3) is 0.318. The number of piperazine rings is 1. The molecule has 0 amide bonds. The van der Waals surface area contributed by atoms with Gasteiger partial charge in [0.25, 0.3) is 0 Å². The maximum absolute atomic E-state index is 12.2. The molecule has 0 saturated carbocycles. The lowest BCUT2D eigenvalue weighted by atomic mass is 10.1. The number of anilines is 1. The molecule has 1 radical (unpaired) electrons. The van der Waals surface area contributed by atoms with Crippen LogP contribution in [0.25, 0.3) is 10.9 Å². The number of halogens is 3. The van der Waals surface area contributed by atoms with Crippen molar-refractivity contribution in [3.05, 3.63) is 66.4 Å². The van der Waals surface area contributed by atoms with E-state index < -0.39 is 6.36 Å². The minimum atomic E-state index is -4.65. The highest BCUT2D eigenvalue weighted by molar-refractivity contribution is 5.91. The number of nitrogens with zero attached hydrogens (tertiary/aromatic N) is 3. The van der Waals surface area contributed by atoms with Crippen molar-refractivity contribution >= 4 is 16.6 Å². The number of rotatable bonds is 5. The lowest BCUT2D eigenvalue weighted by Gasteiger charge is -2.36. The fourth-order valence-electron chi connectivity index (χ4n) is 3.63. The highest BCUT2D eigenvalue weighted by atomic mass is 19.4. The van der Waals surface area contributed by atoms with E-state index in [0.29, 0.717) is 0 Å². The van der Waals surface area contributed by atoms with E-state index in [1.54, 1.807) is 18.3 Å². The summed E-state index contributed by atoms with van der Waals surface area (Å²) in [4.78, 5) is 9.09. The van der Waals surface area contributed by atoms with Gasteiger partial charge in [-0.1, -0.05) is 30.3 Å². The van der Waals surface area contributed by atoms with Crippen LogP contribution in [-0.4, -0.2) is 49.0 Å². The molecule has 2 aromatic carbocycles. The van der Waals surface area contributed by atoms with Crippen LogP contribution in [0, 0.1) is 6.07 Å². The van der Waals surface area contributed by atoms with Crippen molar-refractivity contribution in [3.63, 3.8) is 0 Å². The average Bonchev–Trinajstić information content (AvgIpc) is 2.72. The number of ether oxygens (including phenoxy) is 1. The zero-order valence-corrected chi connectivity index (χ0v) is 15.8. The number of alkyl halides is 3. The summed E-state index contributed by atoms with van der Waals surface area (Å²) in [6, 6.07) is 17.5. The number of para-hydroxylation sites is 1. The molecule has 1 aliphatic rings. The maximum Gasteiger partial charge on any atom is 0.573 e. The van der Waals surface area contributed by atoms with Crippen molar-refractivity contribution in [3.8, 4) is 5.75 Å². The van der Waals surface area contributed by atoms with Crippen molar-refractivity contribution in [2.75, 3.05) is 37.6 Å². The third-order valence-electron chi connectivity index (χ3n) is 5.13. The molecule has 4 rings (SSSR count). The van der Waals surface area contributed by atoms with Gasteiger partial charge in [-0.15, -0.1) is 13.2 Å². The summed E-state index contributed by atoms with van der Waals surface area (Å²) in [6.07, 6.45) is -2.13. The van der Waals surface area contributed by atoms with E-state index in [1.807, 2.05) is 18.2 Å². The molecule has 1 aromatic heterocycles. The molecule has 0 atom stereocenters. The molecular formula is C22H21F3N3O. The van der Waals surface area contributed by atoms with Gasteiger partial charge in [-0.25, -0.2) is 0 Å². The molecule has 0 aliphatic carbocycles. The molecule has 29 heavy (non-hydrogen) atoms. The van der Waals surface area contributed by atoms with Crippen molar-refractivity contribution in [1.29, 1.82) is 0 Å². The second-order valence-electron chi connectivity index (χ2n) is 7.04. The second-order valence-corrected chi connectivity index (χ2v) is 7.04. The Morgan fingerprint density at radius 1 is 0.966 bits per heavy atom. The quantitative estimate of drug-likeness (QED) is 0.639. The molecule has 0 bridgehead atoms. The maximum atomic E-state index is 12.2. The lowest BCUT2D eigenvalue weighted by molar-refractivity contribution is -0.274. The Kier molecular flexibility index (Phi) is 5.58. The zero-order valence-electron chi connectivity index (χ0n) is 15.8. The van der Waals surface area contributed by atoms with Crippen LogP contribution in [0.5, 0.6) is 5.75 Å². The molecule has 4 nitrogen and oxygen atoms in total. The van der Waals surface area contributed by atoms with Gasteiger partial charge in [0.05, 0.1) is 11.2 Å². The van der Waals surface area contributed by atoms with Gasteiger partial charge in [0.1, 0.15) is 5.75 Å². The summed E-state index contributed by atoms with van der Waals surface area (Å²) in [5.74, 6) is -0.185. The van der Waals surface area contributed by atoms with Gasteiger partial charge in [-0.3, -0.25) is 9.88 Å². The molecular weight excluding hydrogens is 379 g/mol. The molecule has 0 N–H and O–H groups in total. The second kappa shape index (κ2) is 8.29. The molecule has 0 unspecified atom stereocenters. The van der Waals surface area contributed by atoms with Gasteiger partial charge < -0.3 is 9.64 Å². The van der Waals surface area contributed by atoms with E-state index in [0.717, 1.165) is 61.3 Å². The molecule has 7 heteroatoms. The molecule has 1 fully saturated rings. The van der Waals surface area contributed by atoms with Crippen LogP contribution in [-0.2, 0) is 6.42 Å². The highest BCUT2D eigenvalue weighted by Crippen LogP contribution is 2.26. The summed E-state index contributed by atoms with van der Waals surface area (Å²) < 4.78 is 40.6. The van der Waals surface area contributed by atoms with Crippen LogP contribution in [0.3, 0.4) is 0 Å². The zero-order chi connectivity index (χ0) is 20.3. The van der Waals surface area contributed by atoms with Crippen molar-refractivity contribution in [1.82, 2.24) is 9.88 Å². The Morgan fingerprint density at radius 2 is 1.69 bits per heavy atom. The highest BCUT2D eigenvalue weighted by Gasteiger charge is 2.31. The van der Waals surface area contributed by atoms with Crippen LogP contribution in [0.2, 0.25) is 0 Å². The van der Waals surface area contributed by atoms with E-state index in [1.165, 1.54) is 12.1 Å². The van der Waals surface area contributed by atoms with Crippen LogP contribution >= 0.6 is 0 Å². The number of fused-ring (bicyclic) bond motifs is 1. The molecule has 0 spiro atoms. The number of hydrogen-bond acceptors (Lipinski definition) is 4. The van der Waals surface area contributed by atoms with Gasteiger partial charge in [-0.05, 0) is 30.2 Å².